The molecule has 0 saturated carbocycles. The smallest absolute Gasteiger partial charge is 0.130 e. The van der Waals surface area contributed by atoms with E-state index in [1.165, 1.54) is 6.08 Å². The summed E-state index contributed by atoms with van der Waals surface area (Å²) in [4.78, 5) is 4.14. The number of nitrogens with one attached hydrogen (secondary N) is 1. The molecule has 3 nitrogen and oxygen atoms in total. The Balaban J connectivity index is 2.42. The molecule has 66 valence electrons. The highest BCUT2D eigenvalue weighted by atomic mass is 16.3. The molecule has 2 atom stereocenters. The van der Waals surface area contributed by atoms with Crippen molar-refractivity contribution in [1.82, 2.24) is 5.32 Å². The van der Waals surface area contributed by atoms with Gasteiger partial charge in [0.05, 0.1) is 12.6 Å². The number of rotatable bonds is 4. The van der Waals surface area contributed by atoms with Gasteiger partial charge in [-0.1, -0.05) is 12.2 Å². The summed E-state index contributed by atoms with van der Waals surface area (Å²) in [6.45, 7) is 7.84. The maximum absolute atomic E-state index is 9.31. The SMILES string of the molecule is C=CCC1CN=C(C(O)C=C)N1. The van der Waals surface area contributed by atoms with Gasteiger partial charge in [-0.15, -0.1) is 13.2 Å². The molecule has 0 spiro atoms. The number of hydrogen-bond donors (Lipinski definition) is 2. The Morgan fingerprint density at radius 1 is 1.75 bits per heavy atom. The fraction of sp³-hybridized carbons (Fsp3) is 0.444. The first-order valence-electron chi connectivity index (χ1n) is 4.00. The Kier molecular flexibility index (Phi) is 3.05. The van der Waals surface area contributed by atoms with Crippen LogP contribution in [0.4, 0.5) is 0 Å². The van der Waals surface area contributed by atoms with Gasteiger partial charge in [-0.2, -0.15) is 0 Å². The molecule has 1 aliphatic heterocycles. The molecule has 0 aromatic heterocycles. The molecule has 0 saturated heterocycles. The number of aliphatic hydroxyl groups excluding tert-OH is 1. The van der Waals surface area contributed by atoms with Crippen LogP contribution in [-0.2, 0) is 0 Å². The van der Waals surface area contributed by atoms with E-state index in [1.54, 1.807) is 0 Å². The Hall–Kier alpha value is -1.09. The van der Waals surface area contributed by atoms with Crippen molar-refractivity contribution in [2.24, 2.45) is 4.99 Å². The van der Waals surface area contributed by atoms with Crippen molar-refractivity contribution >= 4 is 5.84 Å². The van der Waals surface area contributed by atoms with Gasteiger partial charge in [0.2, 0.25) is 0 Å². The van der Waals surface area contributed by atoms with Gasteiger partial charge in [0, 0.05) is 0 Å². The number of hydrogen-bond acceptors (Lipinski definition) is 3. The van der Waals surface area contributed by atoms with Gasteiger partial charge < -0.3 is 10.4 Å². The number of aliphatic imine (C=N–C) groups is 1. The fourth-order valence-electron chi connectivity index (χ4n) is 1.13. The topological polar surface area (TPSA) is 44.6 Å². The first-order valence-corrected chi connectivity index (χ1v) is 4.00. The molecule has 0 aliphatic carbocycles. The van der Waals surface area contributed by atoms with E-state index in [1.807, 2.05) is 6.08 Å². The van der Waals surface area contributed by atoms with E-state index in [0.29, 0.717) is 18.4 Å². The summed E-state index contributed by atoms with van der Waals surface area (Å²) in [6.07, 6.45) is 3.52. The number of aliphatic hydroxyl groups is 1. The summed E-state index contributed by atoms with van der Waals surface area (Å²) >= 11 is 0. The zero-order chi connectivity index (χ0) is 8.97. The Morgan fingerprint density at radius 3 is 3.08 bits per heavy atom. The zero-order valence-electron chi connectivity index (χ0n) is 7.03. The molecule has 12 heavy (non-hydrogen) atoms. The first kappa shape index (κ1) is 9.00. The van der Waals surface area contributed by atoms with Gasteiger partial charge in [-0.25, -0.2) is 0 Å². The molecular weight excluding hydrogens is 152 g/mol. The Morgan fingerprint density at radius 2 is 2.50 bits per heavy atom. The Labute approximate surface area is 72.5 Å². The van der Waals surface area contributed by atoms with Crippen LogP contribution in [-0.4, -0.2) is 29.6 Å². The third-order valence-corrected chi connectivity index (χ3v) is 1.79. The van der Waals surface area contributed by atoms with E-state index < -0.39 is 6.10 Å². The van der Waals surface area contributed by atoms with E-state index >= 15 is 0 Å². The minimum absolute atomic E-state index is 0.298. The van der Waals surface area contributed by atoms with Crippen molar-refractivity contribution in [3.8, 4) is 0 Å². The maximum atomic E-state index is 9.31. The second-order valence-corrected chi connectivity index (χ2v) is 2.77. The lowest BCUT2D eigenvalue weighted by Gasteiger charge is -2.10. The molecule has 0 amide bonds. The minimum Gasteiger partial charge on any atom is -0.381 e. The molecule has 0 radical (unpaired) electrons. The first-order chi connectivity index (χ1) is 5.77. The van der Waals surface area contributed by atoms with Crippen LogP contribution in [0.5, 0.6) is 0 Å². The average Bonchev–Trinajstić information content (AvgIpc) is 2.52. The van der Waals surface area contributed by atoms with Crippen molar-refractivity contribution in [2.75, 3.05) is 6.54 Å². The monoisotopic (exact) mass is 166 g/mol. The van der Waals surface area contributed by atoms with Crippen molar-refractivity contribution in [1.29, 1.82) is 0 Å². The molecule has 3 heteroatoms. The lowest BCUT2D eigenvalue weighted by atomic mass is 10.2. The molecule has 0 aromatic carbocycles. The van der Waals surface area contributed by atoms with Gasteiger partial charge in [0.25, 0.3) is 0 Å². The molecule has 0 fully saturated rings. The highest BCUT2D eigenvalue weighted by molar-refractivity contribution is 5.89. The fourth-order valence-corrected chi connectivity index (χ4v) is 1.13. The van der Waals surface area contributed by atoms with Crippen LogP contribution in [0, 0.1) is 0 Å². The molecule has 2 unspecified atom stereocenters. The predicted octanol–water partition coefficient (Wildman–Crippen LogP) is 0.480. The standard InChI is InChI=1S/C9H14N2O/c1-3-5-7-6-10-9(11-7)8(12)4-2/h3-4,7-8,12H,1-2,5-6H2,(H,10,11). The largest absolute Gasteiger partial charge is 0.381 e. The summed E-state index contributed by atoms with van der Waals surface area (Å²) in [5.74, 6) is 0.622. The van der Waals surface area contributed by atoms with Crippen LogP contribution in [0.25, 0.3) is 0 Å². The van der Waals surface area contributed by atoms with Crippen LogP contribution < -0.4 is 5.32 Å². The number of nitrogens with zero attached hydrogens (tertiary/aromatic N) is 1. The summed E-state index contributed by atoms with van der Waals surface area (Å²) < 4.78 is 0. The summed E-state index contributed by atoms with van der Waals surface area (Å²) in [5.41, 5.74) is 0. The van der Waals surface area contributed by atoms with E-state index in [4.69, 9.17) is 0 Å². The van der Waals surface area contributed by atoms with Crippen LogP contribution in [0.2, 0.25) is 0 Å². The molecule has 0 aromatic rings. The quantitative estimate of drug-likeness (QED) is 0.597. The highest BCUT2D eigenvalue weighted by Gasteiger charge is 2.19. The second kappa shape index (κ2) is 4.07. The van der Waals surface area contributed by atoms with E-state index in [2.05, 4.69) is 23.5 Å². The van der Waals surface area contributed by atoms with Crippen LogP contribution in [0.1, 0.15) is 6.42 Å². The third kappa shape index (κ3) is 1.95. The lowest BCUT2D eigenvalue weighted by Crippen LogP contribution is -2.35. The zero-order valence-corrected chi connectivity index (χ0v) is 7.03. The van der Waals surface area contributed by atoms with Gasteiger partial charge in [0.1, 0.15) is 11.9 Å². The summed E-state index contributed by atoms with van der Waals surface area (Å²) in [6, 6.07) is 0.298. The average molecular weight is 166 g/mol. The van der Waals surface area contributed by atoms with Crippen LogP contribution in [0.15, 0.2) is 30.3 Å². The highest BCUT2D eigenvalue weighted by Crippen LogP contribution is 2.03. The number of amidine groups is 1. The van der Waals surface area contributed by atoms with E-state index in [9.17, 15) is 5.11 Å². The van der Waals surface area contributed by atoms with E-state index in [0.717, 1.165) is 6.42 Å². The van der Waals surface area contributed by atoms with Gasteiger partial charge in [0.15, 0.2) is 0 Å². The molecule has 0 bridgehead atoms. The van der Waals surface area contributed by atoms with Crippen LogP contribution >= 0.6 is 0 Å². The molecule has 2 N–H and O–H groups in total. The third-order valence-electron chi connectivity index (χ3n) is 1.79. The minimum atomic E-state index is -0.653. The molecular formula is C9H14N2O. The van der Waals surface area contributed by atoms with Crippen molar-refractivity contribution in [3.05, 3.63) is 25.3 Å². The normalized spacial score (nSPS) is 24.1. The molecule has 1 aliphatic rings. The predicted molar refractivity (Wildman–Crippen MR) is 50.2 cm³/mol. The second-order valence-electron chi connectivity index (χ2n) is 2.77. The molecule has 1 rings (SSSR count). The van der Waals surface area contributed by atoms with Gasteiger partial charge in [-0.05, 0) is 6.42 Å². The lowest BCUT2D eigenvalue weighted by molar-refractivity contribution is 0.285. The van der Waals surface area contributed by atoms with Gasteiger partial charge in [-0.3, -0.25) is 4.99 Å². The Bertz CT molecular complexity index is 211. The maximum Gasteiger partial charge on any atom is 0.130 e. The molecule has 1 heterocycles. The summed E-state index contributed by atoms with van der Waals surface area (Å²) in [5, 5.41) is 12.4. The summed E-state index contributed by atoms with van der Waals surface area (Å²) in [7, 11) is 0. The van der Waals surface area contributed by atoms with E-state index in [-0.39, 0.29) is 0 Å². The van der Waals surface area contributed by atoms with Crippen molar-refractivity contribution < 1.29 is 5.11 Å². The van der Waals surface area contributed by atoms with Crippen molar-refractivity contribution in [2.45, 2.75) is 18.6 Å². The van der Waals surface area contributed by atoms with Gasteiger partial charge >= 0.3 is 0 Å². The van der Waals surface area contributed by atoms with Crippen LogP contribution in [0.3, 0.4) is 0 Å². The van der Waals surface area contributed by atoms with Crippen molar-refractivity contribution in [3.63, 3.8) is 0 Å².